The van der Waals surface area contributed by atoms with Gasteiger partial charge in [0.25, 0.3) is 0 Å². The number of nitrogens with zero attached hydrogens (tertiary/aromatic N) is 2. The first kappa shape index (κ1) is 21.9. The van der Waals surface area contributed by atoms with Gasteiger partial charge in [-0.3, -0.25) is 4.79 Å². The van der Waals surface area contributed by atoms with E-state index in [2.05, 4.69) is 16.5 Å². The third-order valence-corrected chi connectivity index (χ3v) is 3.95. The molecule has 0 radical (unpaired) electrons. The van der Waals surface area contributed by atoms with Crippen LogP contribution in [0.2, 0.25) is 0 Å². The first-order valence-electron chi connectivity index (χ1n) is 8.87. The normalized spacial score (nSPS) is 10.9. The Balaban J connectivity index is 1.94. The van der Waals surface area contributed by atoms with E-state index in [0.717, 1.165) is 0 Å². The highest BCUT2D eigenvalue weighted by Crippen LogP contribution is 2.25. The lowest BCUT2D eigenvalue weighted by atomic mass is 9.95. The van der Waals surface area contributed by atoms with Crippen molar-refractivity contribution in [3.63, 3.8) is 0 Å². The molecule has 0 saturated carbocycles. The highest BCUT2D eigenvalue weighted by Gasteiger charge is 2.31. The Kier molecular flexibility index (Phi) is 6.93. The van der Waals surface area contributed by atoms with Gasteiger partial charge in [-0.2, -0.15) is 0 Å². The van der Waals surface area contributed by atoms with Gasteiger partial charge in [0.15, 0.2) is 0 Å². The van der Waals surface area contributed by atoms with Crippen molar-refractivity contribution in [2.45, 2.75) is 34.3 Å². The molecule has 29 heavy (non-hydrogen) atoms. The maximum Gasteiger partial charge on any atom is 0.339 e. The average molecular weight is 400 g/mol. The number of carbonyl (C=O) groups is 2. The van der Waals surface area contributed by atoms with Crippen LogP contribution in [0.1, 0.15) is 31.9 Å². The van der Waals surface area contributed by atoms with Gasteiger partial charge in [0.2, 0.25) is 11.8 Å². The van der Waals surface area contributed by atoms with Gasteiger partial charge in [0.1, 0.15) is 19.0 Å². The van der Waals surface area contributed by atoms with Crippen LogP contribution in [0.25, 0.3) is 0 Å². The molecule has 0 amide bonds. The molecule has 0 bridgehead atoms. The zero-order valence-electron chi connectivity index (χ0n) is 16.9. The van der Waals surface area contributed by atoms with Crippen molar-refractivity contribution in [3.8, 4) is 17.5 Å². The van der Waals surface area contributed by atoms with Crippen LogP contribution in [0.4, 0.5) is 0 Å². The van der Waals surface area contributed by atoms with E-state index in [0.29, 0.717) is 16.9 Å². The molecule has 1 N–H and O–H groups in total. The van der Waals surface area contributed by atoms with E-state index in [1.54, 1.807) is 45.9 Å². The number of aryl methyl sites for hydroxylation is 1. The van der Waals surface area contributed by atoms with Crippen LogP contribution >= 0.6 is 0 Å². The van der Waals surface area contributed by atoms with Gasteiger partial charge in [-0.15, -0.1) is 0 Å². The second-order valence-electron chi connectivity index (χ2n) is 7.19. The van der Waals surface area contributed by atoms with E-state index in [-0.39, 0.29) is 30.5 Å². The third-order valence-electron chi connectivity index (χ3n) is 3.95. The van der Waals surface area contributed by atoms with E-state index >= 15 is 0 Å². The maximum absolute atomic E-state index is 12.4. The van der Waals surface area contributed by atoms with E-state index in [9.17, 15) is 14.7 Å². The molecule has 0 saturated heterocycles. The lowest BCUT2D eigenvalue weighted by Crippen LogP contribution is -2.33. The minimum absolute atomic E-state index is 0.0400. The minimum Gasteiger partial charge on any atom is -0.493 e. The number of carbonyl (C=O) groups excluding carboxylic acids is 2. The predicted molar refractivity (Wildman–Crippen MR) is 104 cm³/mol. The molecular weight excluding hydrogens is 376 g/mol. The second-order valence-corrected chi connectivity index (χ2v) is 7.19. The minimum atomic E-state index is -0.949. The van der Waals surface area contributed by atoms with Crippen LogP contribution < -0.4 is 9.47 Å². The monoisotopic (exact) mass is 400 g/mol. The number of hydrogen-bond acceptors (Lipinski definition) is 8. The molecule has 0 aliphatic rings. The van der Waals surface area contributed by atoms with Gasteiger partial charge in [-0.1, -0.05) is 6.58 Å². The Morgan fingerprint density at radius 3 is 2.62 bits per heavy atom. The molecule has 2 rings (SSSR count). The molecule has 154 valence electrons. The summed E-state index contributed by atoms with van der Waals surface area (Å²) in [5, 5.41) is 9.65. The zero-order valence-corrected chi connectivity index (χ0v) is 16.9. The van der Waals surface area contributed by atoms with Crippen LogP contribution in [0, 0.1) is 12.3 Å². The smallest absolute Gasteiger partial charge is 0.339 e. The Hall–Kier alpha value is -3.42. The number of aromatic nitrogens is 2. The van der Waals surface area contributed by atoms with Crippen LogP contribution in [0.3, 0.4) is 0 Å². The maximum atomic E-state index is 12.4. The van der Waals surface area contributed by atoms with Crippen molar-refractivity contribution in [2.75, 3.05) is 6.61 Å². The number of rotatable bonds is 8. The summed E-state index contributed by atoms with van der Waals surface area (Å²) in [6.45, 7) is 10.1. The van der Waals surface area contributed by atoms with Gasteiger partial charge in [-0.05, 0) is 45.4 Å². The zero-order chi connectivity index (χ0) is 21.6. The van der Waals surface area contributed by atoms with Crippen molar-refractivity contribution in [1.82, 2.24) is 9.97 Å². The number of ether oxygens (including phenoxy) is 3. The molecule has 2 aromatic heterocycles. The number of hydrogen-bond donors (Lipinski definition) is 1. The van der Waals surface area contributed by atoms with Crippen LogP contribution in [-0.2, 0) is 20.9 Å². The number of aromatic hydroxyl groups is 1. The molecule has 0 aliphatic heterocycles. The van der Waals surface area contributed by atoms with Crippen molar-refractivity contribution in [2.24, 2.45) is 5.41 Å². The highest BCUT2D eigenvalue weighted by atomic mass is 16.5. The summed E-state index contributed by atoms with van der Waals surface area (Å²) < 4.78 is 16.1. The summed E-state index contributed by atoms with van der Waals surface area (Å²) in [6, 6.07) is 4.83. The number of esters is 2. The summed E-state index contributed by atoms with van der Waals surface area (Å²) >= 11 is 0. The molecule has 0 atom stereocenters. The van der Waals surface area contributed by atoms with Gasteiger partial charge in [0, 0.05) is 17.8 Å². The summed E-state index contributed by atoms with van der Waals surface area (Å²) in [5.41, 5.74) is 0.422. The van der Waals surface area contributed by atoms with Gasteiger partial charge in [0.05, 0.1) is 17.2 Å². The Labute approximate surface area is 169 Å². The van der Waals surface area contributed by atoms with Crippen LogP contribution in [0.15, 0.2) is 42.7 Å². The van der Waals surface area contributed by atoms with Crippen LogP contribution in [-0.4, -0.2) is 33.6 Å². The summed E-state index contributed by atoms with van der Waals surface area (Å²) in [4.78, 5) is 31.7. The first-order valence-corrected chi connectivity index (χ1v) is 8.87. The fraction of sp³-hybridized carbons (Fsp3) is 0.333. The van der Waals surface area contributed by atoms with Crippen molar-refractivity contribution < 1.29 is 28.9 Å². The fourth-order valence-corrected chi connectivity index (χ4v) is 2.11. The Morgan fingerprint density at radius 2 is 2.00 bits per heavy atom. The summed E-state index contributed by atoms with van der Waals surface area (Å²) in [7, 11) is 0. The fourth-order valence-electron chi connectivity index (χ4n) is 2.11. The molecule has 0 aromatic carbocycles. The lowest BCUT2D eigenvalue weighted by molar-refractivity contribution is -0.157. The predicted octanol–water partition coefficient (Wildman–Crippen LogP) is 3.12. The molecular formula is C21H24N2O6. The first-order chi connectivity index (χ1) is 13.6. The quantitative estimate of drug-likeness (QED) is 0.532. The molecule has 8 nitrogen and oxygen atoms in total. The number of pyridine rings is 2. The van der Waals surface area contributed by atoms with E-state index in [4.69, 9.17) is 14.2 Å². The van der Waals surface area contributed by atoms with E-state index < -0.39 is 17.4 Å². The molecule has 8 heteroatoms. The van der Waals surface area contributed by atoms with Gasteiger partial charge in [-0.25, -0.2) is 14.8 Å². The Bertz CT molecular complexity index is 923. The summed E-state index contributed by atoms with van der Waals surface area (Å²) in [5.74, 6) is -0.639. The largest absolute Gasteiger partial charge is 0.493 e. The molecule has 2 heterocycles. The molecule has 0 fully saturated rings. The van der Waals surface area contributed by atoms with Gasteiger partial charge < -0.3 is 19.3 Å². The van der Waals surface area contributed by atoms with Gasteiger partial charge >= 0.3 is 11.9 Å². The van der Waals surface area contributed by atoms with E-state index in [1.807, 2.05) is 0 Å². The molecule has 0 aliphatic carbocycles. The van der Waals surface area contributed by atoms with Crippen molar-refractivity contribution in [1.29, 1.82) is 0 Å². The second kappa shape index (κ2) is 9.18. The van der Waals surface area contributed by atoms with Crippen molar-refractivity contribution in [3.05, 3.63) is 53.9 Å². The lowest BCUT2D eigenvalue weighted by Gasteiger charge is -2.23. The molecule has 2 aromatic rings. The van der Waals surface area contributed by atoms with Crippen LogP contribution in [0.5, 0.6) is 17.5 Å². The molecule has 0 unspecified atom stereocenters. The third kappa shape index (κ3) is 6.03. The SMILES string of the molecule is C=C(C)C(=O)Oc1cc(C)c(OCC(C)(C)C(=O)OCc2cccnc2O)cn1. The average Bonchev–Trinajstić information content (AvgIpc) is 2.66. The standard InChI is InChI=1S/C21H24N2O6/c1-13(2)19(25)29-17-9-14(3)16(10-23-17)28-12-21(4,5)20(26)27-11-15-7-6-8-22-18(15)24/h6-10H,1,11-12H2,2-5H3,(H,22,24). The Morgan fingerprint density at radius 1 is 1.28 bits per heavy atom. The molecule has 0 spiro atoms. The summed E-state index contributed by atoms with van der Waals surface area (Å²) in [6.07, 6.45) is 2.87. The topological polar surface area (TPSA) is 108 Å². The van der Waals surface area contributed by atoms with E-state index in [1.165, 1.54) is 12.4 Å². The van der Waals surface area contributed by atoms with Crippen molar-refractivity contribution >= 4 is 11.9 Å². The highest BCUT2D eigenvalue weighted by molar-refractivity contribution is 5.88.